The van der Waals surface area contributed by atoms with Crippen molar-refractivity contribution in [3.8, 4) is 0 Å². The summed E-state index contributed by atoms with van der Waals surface area (Å²) in [5, 5.41) is 18.8. The maximum absolute atomic E-state index is 13.5. The summed E-state index contributed by atoms with van der Waals surface area (Å²) in [7, 11) is 1.91. The van der Waals surface area contributed by atoms with Crippen LogP contribution in [0.4, 0.5) is 0 Å². The largest absolute Gasteiger partial charge is 0.395 e. The van der Waals surface area contributed by atoms with Crippen LogP contribution < -0.4 is 10.6 Å². The molecule has 0 aliphatic carbocycles. The molecule has 0 rings (SSSR count). The van der Waals surface area contributed by atoms with Gasteiger partial charge in [-0.2, -0.15) is 4.91 Å². The third-order valence-corrected chi connectivity index (χ3v) is 12.5. The van der Waals surface area contributed by atoms with E-state index >= 15 is 0 Å². The number of nitrogens with one attached hydrogen (secondary N) is 2. The Morgan fingerprint density at radius 1 is 0.476 bits per heavy atom. The summed E-state index contributed by atoms with van der Waals surface area (Å²) < 4.78 is 0. The fourth-order valence-electron chi connectivity index (χ4n) is 8.64. The lowest BCUT2D eigenvalue weighted by atomic mass is 10.00. The van der Waals surface area contributed by atoms with Gasteiger partial charge in [0.05, 0.1) is 13.2 Å². The second-order valence-electron chi connectivity index (χ2n) is 19.0. The first-order valence-electron chi connectivity index (χ1n) is 26.2. The Morgan fingerprint density at radius 2 is 0.778 bits per heavy atom. The Kier molecular flexibility index (Phi) is 40.3. The Bertz CT molecular complexity index is 1140. The molecular formula is C51H100N6O6. The summed E-state index contributed by atoms with van der Waals surface area (Å²) in [4.78, 5) is 70.0. The number of hydrogen-bond donors (Lipinski definition) is 3. The molecule has 63 heavy (non-hydrogen) atoms. The smallest absolute Gasteiger partial charge is 0.243 e. The van der Waals surface area contributed by atoms with Crippen LogP contribution in [-0.4, -0.2) is 115 Å². The monoisotopic (exact) mass is 893 g/mol. The SMILES string of the molecule is CCCCCCCCCCCCCCCC(=O)N(CCO)C(C(=O)NCCN(C)CCNC(=O)C(C(C)C)N(CCN=O)C(=O)CCCCCCCCCCCCCCC)C(C)C. The average Bonchev–Trinajstić information content (AvgIpc) is 3.24. The minimum absolute atomic E-state index is 0.0572. The van der Waals surface area contributed by atoms with Gasteiger partial charge in [0.15, 0.2) is 0 Å². The summed E-state index contributed by atoms with van der Waals surface area (Å²) in [6.07, 6.45) is 32.6. The van der Waals surface area contributed by atoms with Gasteiger partial charge in [-0.1, -0.05) is 201 Å². The van der Waals surface area contributed by atoms with Gasteiger partial charge in [-0.15, -0.1) is 0 Å². The van der Waals surface area contributed by atoms with E-state index in [0.29, 0.717) is 39.0 Å². The van der Waals surface area contributed by atoms with Crippen molar-refractivity contribution in [1.82, 2.24) is 25.3 Å². The highest BCUT2D eigenvalue weighted by Crippen LogP contribution is 2.19. The lowest BCUT2D eigenvalue weighted by Crippen LogP contribution is -2.54. The fraction of sp³-hybridized carbons (Fsp3) is 0.922. The van der Waals surface area contributed by atoms with Crippen molar-refractivity contribution in [2.24, 2.45) is 17.0 Å². The number of carbonyl (C=O) groups is 4. The fourth-order valence-corrected chi connectivity index (χ4v) is 8.64. The molecule has 0 saturated carbocycles. The number of carbonyl (C=O) groups excluding carboxylic acids is 4. The summed E-state index contributed by atoms with van der Waals surface area (Å²) >= 11 is 0. The summed E-state index contributed by atoms with van der Waals surface area (Å²) in [6, 6.07) is -1.37. The van der Waals surface area contributed by atoms with Crippen LogP contribution in [0.3, 0.4) is 0 Å². The first kappa shape index (κ1) is 60.4. The van der Waals surface area contributed by atoms with Crippen molar-refractivity contribution in [3.63, 3.8) is 0 Å². The van der Waals surface area contributed by atoms with Crippen molar-refractivity contribution in [2.75, 3.05) is 59.5 Å². The van der Waals surface area contributed by atoms with Crippen molar-refractivity contribution < 1.29 is 24.3 Å². The van der Waals surface area contributed by atoms with Gasteiger partial charge in [0.25, 0.3) is 0 Å². The second kappa shape index (κ2) is 42.1. The number of hydrogen-bond acceptors (Lipinski definition) is 8. The zero-order valence-electron chi connectivity index (χ0n) is 42.0. The van der Waals surface area contributed by atoms with E-state index in [9.17, 15) is 29.2 Å². The Balaban J connectivity index is 4.75. The van der Waals surface area contributed by atoms with E-state index in [1.807, 2.05) is 39.6 Å². The van der Waals surface area contributed by atoms with E-state index in [0.717, 1.165) is 38.5 Å². The molecule has 2 unspecified atom stereocenters. The molecule has 0 bridgehead atoms. The lowest BCUT2D eigenvalue weighted by Gasteiger charge is -2.33. The van der Waals surface area contributed by atoms with Crippen molar-refractivity contribution >= 4 is 23.6 Å². The number of rotatable bonds is 45. The third kappa shape index (κ3) is 31.8. The second-order valence-corrected chi connectivity index (χ2v) is 19.0. The molecule has 0 spiro atoms. The van der Waals surface area contributed by atoms with E-state index < -0.39 is 12.1 Å². The van der Waals surface area contributed by atoms with Crippen molar-refractivity contribution in [2.45, 2.75) is 233 Å². The van der Waals surface area contributed by atoms with Gasteiger partial charge in [-0.05, 0) is 31.7 Å². The topological polar surface area (TPSA) is 152 Å². The van der Waals surface area contributed by atoms with Crippen LogP contribution in [0.2, 0.25) is 0 Å². The molecule has 4 amide bonds. The molecule has 0 aromatic carbocycles. The molecule has 0 aromatic rings. The van der Waals surface area contributed by atoms with Crippen molar-refractivity contribution in [3.05, 3.63) is 4.91 Å². The highest BCUT2D eigenvalue weighted by molar-refractivity contribution is 5.88. The predicted octanol–water partition coefficient (Wildman–Crippen LogP) is 10.6. The number of amides is 4. The van der Waals surface area contributed by atoms with Gasteiger partial charge < -0.3 is 30.4 Å². The maximum Gasteiger partial charge on any atom is 0.243 e. The Hall–Kier alpha value is -2.60. The number of nitrogens with zero attached hydrogens (tertiary/aromatic N) is 4. The van der Waals surface area contributed by atoms with Crippen LogP contribution in [-0.2, 0) is 19.2 Å². The van der Waals surface area contributed by atoms with Crippen LogP contribution in [0.25, 0.3) is 0 Å². The predicted molar refractivity (Wildman–Crippen MR) is 263 cm³/mol. The lowest BCUT2D eigenvalue weighted by molar-refractivity contribution is -0.143. The number of unbranched alkanes of at least 4 members (excludes halogenated alkanes) is 24. The van der Waals surface area contributed by atoms with E-state index in [1.54, 1.807) is 9.80 Å². The molecule has 0 saturated heterocycles. The first-order valence-corrected chi connectivity index (χ1v) is 26.2. The molecule has 370 valence electrons. The van der Waals surface area contributed by atoms with Gasteiger partial charge in [0.1, 0.15) is 12.1 Å². The maximum atomic E-state index is 13.5. The number of nitroso groups, excluding NO2 is 1. The summed E-state index contributed by atoms with van der Waals surface area (Å²) in [5.41, 5.74) is 0. The normalized spacial score (nSPS) is 12.5. The van der Waals surface area contributed by atoms with E-state index in [1.165, 1.54) is 128 Å². The Morgan fingerprint density at radius 3 is 1.06 bits per heavy atom. The number of likely N-dealkylation sites (N-methyl/N-ethyl adjacent to an activating group) is 1. The van der Waals surface area contributed by atoms with Crippen LogP contribution >= 0.6 is 0 Å². The number of aliphatic hydroxyl groups is 1. The minimum Gasteiger partial charge on any atom is -0.395 e. The van der Waals surface area contributed by atoms with Gasteiger partial charge >= 0.3 is 0 Å². The summed E-state index contributed by atoms with van der Waals surface area (Å²) in [6.45, 7) is 13.9. The van der Waals surface area contributed by atoms with Crippen LogP contribution in [0, 0.1) is 16.7 Å². The van der Waals surface area contributed by atoms with Gasteiger partial charge in [0, 0.05) is 52.1 Å². The van der Waals surface area contributed by atoms with Crippen molar-refractivity contribution in [1.29, 1.82) is 0 Å². The van der Waals surface area contributed by atoms with E-state index in [4.69, 9.17) is 0 Å². The minimum atomic E-state index is -0.701. The first-order chi connectivity index (χ1) is 30.5. The highest BCUT2D eigenvalue weighted by Gasteiger charge is 2.33. The standard InChI is InChI=1S/C51H100N6O6/c1-8-10-12-14-16-18-20-22-24-26-28-30-32-34-46(59)56(41-38-54-63)48(44(3)4)50(61)52-36-39-55(7)40-37-53-51(62)49(45(5)6)57(42-43-58)47(60)35-33-31-29-27-25-23-21-19-17-15-13-11-9-2/h44-45,48-49,58H,8-43H2,1-7H3,(H,52,61)(H,53,62). The van der Waals surface area contributed by atoms with Crippen LogP contribution in [0.5, 0.6) is 0 Å². The molecular weight excluding hydrogens is 793 g/mol. The molecule has 0 aliphatic rings. The molecule has 2 atom stereocenters. The molecule has 0 radical (unpaired) electrons. The van der Waals surface area contributed by atoms with E-state index in [2.05, 4.69) is 29.7 Å². The third-order valence-electron chi connectivity index (χ3n) is 12.5. The van der Waals surface area contributed by atoms with Crippen LogP contribution in [0.1, 0.15) is 221 Å². The molecule has 0 aliphatic heterocycles. The van der Waals surface area contributed by atoms with Gasteiger partial charge in [-0.3, -0.25) is 19.2 Å². The Labute approximate surface area is 387 Å². The molecule has 12 heteroatoms. The van der Waals surface area contributed by atoms with Gasteiger partial charge in [-0.25, -0.2) is 0 Å². The molecule has 0 heterocycles. The summed E-state index contributed by atoms with van der Waals surface area (Å²) in [5.74, 6) is -0.953. The van der Waals surface area contributed by atoms with Crippen LogP contribution in [0.15, 0.2) is 5.18 Å². The molecule has 0 fully saturated rings. The molecule has 12 nitrogen and oxygen atoms in total. The average molecular weight is 893 g/mol. The highest BCUT2D eigenvalue weighted by atomic mass is 16.3. The quantitative estimate of drug-likeness (QED) is 0.0407. The van der Waals surface area contributed by atoms with E-state index in [-0.39, 0.29) is 61.7 Å². The molecule has 3 N–H and O–H groups in total. The van der Waals surface area contributed by atoms with Gasteiger partial charge in [0.2, 0.25) is 23.6 Å². The molecule has 0 aromatic heterocycles. The zero-order valence-corrected chi connectivity index (χ0v) is 42.0. The number of aliphatic hydroxyl groups excluding tert-OH is 1. The zero-order chi connectivity index (χ0) is 46.9.